The molecule has 0 fully saturated rings. The molecule has 1 atom stereocenters. The quantitative estimate of drug-likeness (QED) is 0.649. The maximum Gasteiger partial charge on any atom is 0.311 e. The molecular formula is C15H17N3O3. The van der Waals surface area contributed by atoms with Gasteiger partial charge in [-0.25, -0.2) is 4.98 Å². The fraction of sp³-hybridized carbons (Fsp3) is 0.267. The Morgan fingerprint density at radius 2 is 2.05 bits per heavy atom. The molecule has 1 aromatic carbocycles. The summed E-state index contributed by atoms with van der Waals surface area (Å²) in [5.74, 6) is 1.06. The monoisotopic (exact) mass is 287 g/mol. The second-order valence-corrected chi connectivity index (χ2v) is 4.51. The van der Waals surface area contributed by atoms with Crippen LogP contribution < -0.4 is 10.1 Å². The Balaban J connectivity index is 2.24. The smallest absolute Gasteiger partial charge is 0.311 e. The Hall–Kier alpha value is -2.63. The van der Waals surface area contributed by atoms with Crippen molar-refractivity contribution in [2.24, 2.45) is 0 Å². The number of ether oxygens (including phenoxy) is 1. The Bertz CT molecular complexity index is 614. The van der Waals surface area contributed by atoms with Crippen molar-refractivity contribution >= 4 is 11.5 Å². The molecule has 1 N–H and O–H groups in total. The van der Waals surface area contributed by atoms with E-state index in [4.69, 9.17) is 4.74 Å². The molecule has 0 saturated carbocycles. The van der Waals surface area contributed by atoms with Crippen molar-refractivity contribution in [3.8, 4) is 5.75 Å². The van der Waals surface area contributed by atoms with Crippen molar-refractivity contribution in [3.63, 3.8) is 0 Å². The Morgan fingerprint density at radius 3 is 2.62 bits per heavy atom. The number of pyridine rings is 1. The van der Waals surface area contributed by atoms with Gasteiger partial charge in [0, 0.05) is 12.3 Å². The Kier molecular flexibility index (Phi) is 4.71. The molecule has 0 aliphatic heterocycles. The summed E-state index contributed by atoms with van der Waals surface area (Å²) in [4.78, 5) is 14.7. The molecule has 0 saturated heterocycles. The van der Waals surface area contributed by atoms with Crippen molar-refractivity contribution in [2.75, 3.05) is 12.4 Å². The summed E-state index contributed by atoms with van der Waals surface area (Å²) >= 11 is 0. The molecule has 1 heterocycles. The van der Waals surface area contributed by atoms with Crippen LogP contribution in [0.5, 0.6) is 5.75 Å². The van der Waals surface area contributed by atoms with Crippen LogP contribution in [0.1, 0.15) is 24.9 Å². The van der Waals surface area contributed by atoms with E-state index in [0.717, 1.165) is 17.7 Å². The van der Waals surface area contributed by atoms with E-state index in [1.165, 1.54) is 12.3 Å². The van der Waals surface area contributed by atoms with Gasteiger partial charge < -0.3 is 10.1 Å². The summed E-state index contributed by atoms with van der Waals surface area (Å²) in [7, 11) is 1.61. The summed E-state index contributed by atoms with van der Waals surface area (Å²) in [5, 5.41) is 14.2. The number of benzene rings is 1. The number of nitrogens with zero attached hydrogens (tertiary/aromatic N) is 2. The zero-order chi connectivity index (χ0) is 15.2. The number of rotatable bonds is 6. The maximum atomic E-state index is 11.0. The molecule has 1 aromatic heterocycles. The first kappa shape index (κ1) is 14.8. The second kappa shape index (κ2) is 6.69. The molecule has 0 bridgehead atoms. The van der Waals surface area contributed by atoms with Gasteiger partial charge in [0.25, 0.3) is 0 Å². The summed E-state index contributed by atoms with van der Waals surface area (Å²) in [6.45, 7) is 2.01. The van der Waals surface area contributed by atoms with Crippen LogP contribution in [0.25, 0.3) is 0 Å². The van der Waals surface area contributed by atoms with Gasteiger partial charge in [-0.3, -0.25) is 10.1 Å². The van der Waals surface area contributed by atoms with E-state index in [0.29, 0.717) is 0 Å². The van der Waals surface area contributed by atoms with Gasteiger partial charge >= 0.3 is 5.69 Å². The van der Waals surface area contributed by atoms with Gasteiger partial charge in [0.15, 0.2) is 0 Å². The zero-order valence-corrected chi connectivity index (χ0v) is 11.9. The first-order valence-electron chi connectivity index (χ1n) is 6.65. The largest absolute Gasteiger partial charge is 0.497 e. The fourth-order valence-corrected chi connectivity index (χ4v) is 2.08. The number of hydrogen-bond donors (Lipinski definition) is 1. The fourth-order valence-electron chi connectivity index (χ4n) is 2.08. The number of methoxy groups -OCH3 is 1. The average Bonchev–Trinajstić information content (AvgIpc) is 2.53. The minimum Gasteiger partial charge on any atom is -0.497 e. The predicted molar refractivity (Wildman–Crippen MR) is 80.5 cm³/mol. The third-order valence-electron chi connectivity index (χ3n) is 3.22. The van der Waals surface area contributed by atoms with Gasteiger partial charge in [-0.1, -0.05) is 19.1 Å². The predicted octanol–water partition coefficient (Wildman–Crippen LogP) is 3.56. The molecular weight excluding hydrogens is 270 g/mol. The molecule has 0 radical (unpaired) electrons. The standard InChI is InChI=1S/C15H17N3O3/c1-3-13(11-6-8-12(21-2)9-7-11)17-15-14(18(19)20)5-4-10-16-15/h4-10,13H,3H2,1-2H3,(H,16,17)/t13-/m1/s1. The first-order chi connectivity index (χ1) is 10.2. The van der Waals surface area contributed by atoms with E-state index in [-0.39, 0.29) is 17.5 Å². The van der Waals surface area contributed by atoms with Crippen molar-refractivity contribution < 1.29 is 9.66 Å². The van der Waals surface area contributed by atoms with Gasteiger partial charge in [-0.05, 0) is 30.2 Å². The van der Waals surface area contributed by atoms with Crippen LogP contribution in [0.4, 0.5) is 11.5 Å². The topological polar surface area (TPSA) is 77.3 Å². The Labute approximate surface area is 122 Å². The van der Waals surface area contributed by atoms with E-state index in [2.05, 4.69) is 10.3 Å². The van der Waals surface area contributed by atoms with Crippen LogP contribution >= 0.6 is 0 Å². The molecule has 0 aliphatic rings. The molecule has 0 aliphatic carbocycles. The molecule has 0 amide bonds. The number of nitrogens with one attached hydrogen (secondary N) is 1. The minimum absolute atomic E-state index is 0.0236. The molecule has 110 valence electrons. The van der Waals surface area contributed by atoms with Crippen molar-refractivity contribution in [2.45, 2.75) is 19.4 Å². The molecule has 6 heteroatoms. The lowest BCUT2D eigenvalue weighted by Crippen LogP contribution is -2.12. The number of aromatic nitrogens is 1. The molecule has 2 rings (SSSR count). The van der Waals surface area contributed by atoms with Gasteiger partial charge in [0.05, 0.1) is 18.1 Å². The lowest BCUT2D eigenvalue weighted by atomic mass is 10.0. The van der Waals surface area contributed by atoms with Crippen molar-refractivity contribution in [1.82, 2.24) is 4.98 Å². The highest BCUT2D eigenvalue weighted by molar-refractivity contribution is 5.56. The first-order valence-corrected chi connectivity index (χ1v) is 6.65. The van der Waals surface area contributed by atoms with Crippen LogP contribution in [0.15, 0.2) is 42.6 Å². The third-order valence-corrected chi connectivity index (χ3v) is 3.22. The van der Waals surface area contributed by atoms with Crippen LogP contribution in [0.3, 0.4) is 0 Å². The number of hydrogen-bond acceptors (Lipinski definition) is 5. The molecule has 21 heavy (non-hydrogen) atoms. The Morgan fingerprint density at radius 1 is 1.33 bits per heavy atom. The van der Waals surface area contributed by atoms with E-state index in [1.807, 2.05) is 31.2 Å². The van der Waals surface area contributed by atoms with Crippen molar-refractivity contribution in [3.05, 3.63) is 58.3 Å². The highest BCUT2D eigenvalue weighted by Crippen LogP contribution is 2.28. The third kappa shape index (κ3) is 3.47. The summed E-state index contributed by atoms with van der Waals surface area (Å²) in [5.41, 5.74) is 1.00. The number of anilines is 1. The van der Waals surface area contributed by atoms with Gasteiger partial charge in [-0.15, -0.1) is 0 Å². The highest BCUT2D eigenvalue weighted by atomic mass is 16.6. The average molecular weight is 287 g/mol. The van der Waals surface area contributed by atoms with Crippen LogP contribution in [0, 0.1) is 10.1 Å². The normalized spacial score (nSPS) is 11.7. The van der Waals surface area contributed by atoms with Crippen LogP contribution in [-0.4, -0.2) is 17.0 Å². The SMILES string of the molecule is CC[C@@H](Nc1ncccc1[N+](=O)[O-])c1ccc(OC)cc1. The molecule has 0 unspecified atom stereocenters. The second-order valence-electron chi connectivity index (χ2n) is 4.51. The van der Waals surface area contributed by atoms with E-state index in [9.17, 15) is 10.1 Å². The molecule has 0 spiro atoms. The minimum atomic E-state index is -0.434. The maximum absolute atomic E-state index is 11.0. The summed E-state index contributed by atoms with van der Waals surface area (Å²) < 4.78 is 5.13. The molecule has 6 nitrogen and oxygen atoms in total. The summed E-state index contributed by atoms with van der Waals surface area (Å²) in [6, 6.07) is 10.6. The van der Waals surface area contributed by atoms with Crippen LogP contribution in [-0.2, 0) is 0 Å². The zero-order valence-electron chi connectivity index (χ0n) is 11.9. The summed E-state index contributed by atoms with van der Waals surface area (Å²) in [6.07, 6.45) is 2.32. The van der Waals surface area contributed by atoms with E-state index < -0.39 is 4.92 Å². The number of nitro groups is 1. The highest BCUT2D eigenvalue weighted by Gasteiger charge is 2.18. The van der Waals surface area contributed by atoms with E-state index in [1.54, 1.807) is 13.2 Å². The molecule has 2 aromatic rings. The van der Waals surface area contributed by atoms with Gasteiger partial charge in [0.2, 0.25) is 5.82 Å². The van der Waals surface area contributed by atoms with Crippen LogP contribution in [0.2, 0.25) is 0 Å². The van der Waals surface area contributed by atoms with Gasteiger partial charge in [-0.2, -0.15) is 0 Å². The van der Waals surface area contributed by atoms with Crippen molar-refractivity contribution in [1.29, 1.82) is 0 Å². The lowest BCUT2D eigenvalue weighted by molar-refractivity contribution is -0.384. The van der Waals surface area contributed by atoms with E-state index >= 15 is 0 Å². The van der Waals surface area contributed by atoms with Gasteiger partial charge in [0.1, 0.15) is 5.75 Å². The lowest BCUT2D eigenvalue weighted by Gasteiger charge is -2.18.